The number of alkyl halides is 2. The molecule has 1 atom stereocenters. The number of amides is 1. The highest BCUT2D eigenvalue weighted by Crippen LogP contribution is 2.12. The second kappa shape index (κ2) is 5.10. The van der Waals surface area contributed by atoms with E-state index in [-0.39, 0.29) is 10.7 Å². The number of hydrogen-bond acceptors (Lipinski definition) is 1. The van der Waals surface area contributed by atoms with Gasteiger partial charge in [-0.2, -0.15) is 0 Å². The van der Waals surface area contributed by atoms with Crippen molar-refractivity contribution in [2.75, 3.05) is 5.32 Å². The van der Waals surface area contributed by atoms with Crippen LogP contribution in [0.15, 0.2) is 24.3 Å². The van der Waals surface area contributed by atoms with E-state index >= 15 is 0 Å². The Morgan fingerprint density at radius 1 is 1.64 bits per heavy atom. The van der Waals surface area contributed by atoms with Crippen LogP contribution in [-0.4, -0.2) is 10.7 Å². The van der Waals surface area contributed by atoms with E-state index in [1.54, 1.807) is 31.2 Å². The molecule has 1 aromatic rings. The number of rotatable bonds is 3. The third-order valence-electron chi connectivity index (χ3n) is 1.71. The van der Waals surface area contributed by atoms with Gasteiger partial charge in [-0.25, -0.2) is 4.39 Å². The van der Waals surface area contributed by atoms with E-state index in [1.165, 1.54) is 0 Å². The molecule has 2 nitrogen and oxygen atoms in total. The van der Waals surface area contributed by atoms with E-state index in [0.717, 1.165) is 0 Å². The summed E-state index contributed by atoms with van der Waals surface area (Å²) < 4.78 is 12.3. The first-order valence-corrected chi connectivity index (χ1v) is 5.15. The Balaban J connectivity index is 2.72. The maximum Gasteiger partial charge on any atom is 0.237 e. The van der Waals surface area contributed by atoms with Crippen LogP contribution in [0.3, 0.4) is 0 Å². The van der Waals surface area contributed by atoms with Crippen molar-refractivity contribution < 1.29 is 9.18 Å². The number of nitrogens with one attached hydrogen (secondary N) is 1. The Morgan fingerprint density at radius 2 is 2.36 bits per heavy atom. The summed E-state index contributed by atoms with van der Waals surface area (Å²) in [6.45, 7) is 1.21. The lowest BCUT2D eigenvalue weighted by Gasteiger charge is -2.07. The quantitative estimate of drug-likeness (QED) is 0.832. The minimum atomic E-state index is -0.520. The first kappa shape index (κ1) is 11.2. The van der Waals surface area contributed by atoms with Crippen molar-refractivity contribution in [1.29, 1.82) is 0 Å². The zero-order valence-electron chi connectivity index (χ0n) is 7.76. The summed E-state index contributed by atoms with van der Waals surface area (Å²) in [7, 11) is 0. The van der Waals surface area contributed by atoms with Crippen LogP contribution in [-0.2, 0) is 11.5 Å². The fourth-order valence-corrected chi connectivity index (χ4v) is 1.09. The molecule has 1 amide bonds. The normalized spacial score (nSPS) is 12.2. The van der Waals surface area contributed by atoms with Gasteiger partial charge in [0.15, 0.2) is 0 Å². The molecule has 4 heteroatoms. The molecule has 1 rings (SSSR count). The monoisotopic (exact) mass is 259 g/mol. The van der Waals surface area contributed by atoms with Crippen LogP contribution in [0.5, 0.6) is 0 Å². The zero-order chi connectivity index (χ0) is 10.6. The Kier molecular flexibility index (Phi) is 4.07. The predicted octanol–water partition coefficient (Wildman–Crippen LogP) is 2.88. The number of carbonyl (C=O) groups is 1. The molecule has 0 aromatic heterocycles. The minimum absolute atomic E-state index is 0.138. The highest BCUT2D eigenvalue weighted by molar-refractivity contribution is 9.10. The molecule has 1 unspecified atom stereocenters. The molecular formula is C10H11BrFNO. The van der Waals surface area contributed by atoms with E-state index in [1.807, 2.05) is 0 Å². The number of halogens is 2. The summed E-state index contributed by atoms with van der Waals surface area (Å²) in [6, 6.07) is 6.73. The molecule has 0 spiro atoms. The largest absolute Gasteiger partial charge is 0.325 e. The van der Waals surface area contributed by atoms with Gasteiger partial charge in [-0.05, 0) is 24.6 Å². The first-order valence-electron chi connectivity index (χ1n) is 4.23. The molecule has 0 saturated heterocycles. The average Bonchev–Trinajstić information content (AvgIpc) is 2.18. The molecular weight excluding hydrogens is 249 g/mol. The van der Waals surface area contributed by atoms with Crippen molar-refractivity contribution in [2.24, 2.45) is 0 Å². The van der Waals surface area contributed by atoms with Gasteiger partial charge in [0.05, 0.1) is 4.83 Å². The highest BCUT2D eigenvalue weighted by atomic mass is 79.9. The van der Waals surface area contributed by atoms with Crippen LogP contribution in [0.1, 0.15) is 12.5 Å². The first-order chi connectivity index (χ1) is 6.63. The molecule has 0 saturated carbocycles. The topological polar surface area (TPSA) is 29.1 Å². The van der Waals surface area contributed by atoms with Crippen LogP contribution >= 0.6 is 15.9 Å². The fourth-order valence-electron chi connectivity index (χ4n) is 0.974. The van der Waals surface area contributed by atoms with Crippen molar-refractivity contribution in [3.63, 3.8) is 0 Å². The second-order valence-electron chi connectivity index (χ2n) is 2.94. The molecule has 0 aliphatic rings. The maximum atomic E-state index is 12.3. The van der Waals surface area contributed by atoms with Gasteiger partial charge < -0.3 is 5.32 Å². The van der Waals surface area contributed by atoms with Gasteiger partial charge in [0.1, 0.15) is 6.67 Å². The lowest BCUT2D eigenvalue weighted by atomic mass is 10.2. The molecule has 0 radical (unpaired) electrons. The van der Waals surface area contributed by atoms with Gasteiger partial charge in [-0.3, -0.25) is 4.79 Å². The summed E-state index contributed by atoms with van der Waals surface area (Å²) in [5, 5.41) is 2.66. The lowest BCUT2D eigenvalue weighted by molar-refractivity contribution is -0.115. The van der Waals surface area contributed by atoms with Gasteiger partial charge in [-0.15, -0.1) is 0 Å². The Bertz CT molecular complexity index is 328. The van der Waals surface area contributed by atoms with Crippen LogP contribution < -0.4 is 5.32 Å². The van der Waals surface area contributed by atoms with Crippen LogP contribution in [0.25, 0.3) is 0 Å². The van der Waals surface area contributed by atoms with E-state index < -0.39 is 6.67 Å². The van der Waals surface area contributed by atoms with E-state index in [4.69, 9.17) is 0 Å². The van der Waals surface area contributed by atoms with Crippen molar-refractivity contribution in [3.05, 3.63) is 29.8 Å². The summed E-state index contributed by atoms with van der Waals surface area (Å²) in [4.78, 5) is 11.0. The lowest BCUT2D eigenvalue weighted by Crippen LogP contribution is -2.19. The molecule has 76 valence electrons. The number of anilines is 1. The van der Waals surface area contributed by atoms with Crippen molar-refractivity contribution >= 4 is 27.5 Å². The molecule has 14 heavy (non-hydrogen) atoms. The minimum Gasteiger partial charge on any atom is -0.325 e. The van der Waals surface area contributed by atoms with Gasteiger partial charge in [0, 0.05) is 5.69 Å². The van der Waals surface area contributed by atoms with E-state index in [2.05, 4.69) is 21.2 Å². The Labute approximate surface area is 90.6 Å². The van der Waals surface area contributed by atoms with Crippen LogP contribution in [0.4, 0.5) is 10.1 Å². The average molecular weight is 260 g/mol. The number of hydrogen-bond donors (Lipinski definition) is 1. The van der Waals surface area contributed by atoms with Crippen molar-refractivity contribution in [2.45, 2.75) is 18.4 Å². The molecule has 0 aliphatic heterocycles. The SMILES string of the molecule is CC(Br)C(=O)Nc1cccc(CF)c1. The molecule has 1 N–H and O–H groups in total. The second-order valence-corrected chi connectivity index (χ2v) is 4.31. The summed E-state index contributed by atoms with van der Waals surface area (Å²) in [5.74, 6) is -0.138. The summed E-state index contributed by atoms with van der Waals surface area (Å²) >= 11 is 3.15. The van der Waals surface area contributed by atoms with E-state index in [0.29, 0.717) is 11.3 Å². The third kappa shape index (κ3) is 3.10. The molecule has 0 fully saturated rings. The van der Waals surface area contributed by atoms with Gasteiger partial charge >= 0.3 is 0 Å². The number of benzene rings is 1. The van der Waals surface area contributed by atoms with E-state index in [9.17, 15) is 9.18 Å². The highest BCUT2D eigenvalue weighted by Gasteiger charge is 2.08. The fraction of sp³-hybridized carbons (Fsp3) is 0.300. The summed E-state index contributed by atoms with van der Waals surface area (Å²) in [5.41, 5.74) is 1.18. The molecule has 0 aliphatic carbocycles. The van der Waals surface area contributed by atoms with Crippen LogP contribution in [0.2, 0.25) is 0 Å². The predicted molar refractivity (Wildman–Crippen MR) is 58.3 cm³/mol. The molecule has 0 bridgehead atoms. The maximum absolute atomic E-state index is 12.3. The Morgan fingerprint density at radius 3 is 2.93 bits per heavy atom. The number of carbonyl (C=O) groups excluding carboxylic acids is 1. The summed E-state index contributed by atoms with van der Waals surface area (Å²) in [6.07, 6.45) is 0. The van der Waals surface area contributed by atoms with Crippen molar-refractivity contribution in [3.8, 4) is 0 Å². The standard InChI is InChI=1S/C10H11BrFNO/c1-7(11)10(14)13-9-4-2-3-8(5-9)6-12/h2-5,7H,6H2,1H3,(H,13,14). The third-order valence-corrected chi connectivity index (χ3v) is 2.13. The van der Waals surface area contributed by atoms with Gasteiger partial charge in [-0.1, -0.05) is 28.1 Å². The zero-order valence-corrected chi connectivity index (χ0v) is 9.34. The van der Waals surface area contributed by atoms with Gasteiger partial charge in [0.2, 0.25) is 5.91 Å². The Hall–Kier alpha value is -0.900. The molecule has 1 aromatic carbocycles. The van der Waals surface area contributed by atoms with Crippen molar-refractivity contribution in [1.82, 2.24) is 0 Å². The van der Waals surface area contributed by atoms with Crippen LogP contribution in [0, 0.1) is 0 Å². The van der Waals surface area contributed by atoms with Gasteiger partial charge in [0.25, 0.3) is 0 Å². The molecule has 0 heterocycles. The smallest absolute Gasteiger partial charge is 0.237 e.